The van der Waals surface area contributed by atoms with Crippen molar-refractivity contribution in [2.24, 2.45) is 5.73 Å². The maximum absolute atomic E-state index is 12.1. The number of benzene rings is 1. The van der Waals surface area contributed by atoms with Crippen LogP contribution in [-0.4, -0.2) is 59.5 Å². The molecule has 8 nitrogen and oxygen atoms in total. The summed E-state index contributed by atoms with van der Waals surface area (Å²) in [6.07, 6.45) is 0.429. The number of carbonyl (C=O) groups is 2. The van der Waals surface area contributed by atoms with Gasteiger partial charge in [-0.25, -0.2) is 0 Å². The Bertz CT molecular complexity index is 779. The molecule has 3 rings (SSSR count). The van der Waals surface area contributed by atoms with Crippen LogP contribution in [-0.2, 0) is 11.3 Å². The Kier molecular flexibility index (Phi) is 6.20. The van der Waals surface area contributed by atoms with Crippen LogP contribution < -0.4 is 11.1 Å². The molecule has 1 saturated heterocycles. The van der Waals surface area contributed by atoms with Gasteiger partial charge in [0.2, 0.25) is 11.8 Å². The number of hydrogen-bond donors (Lipinski definition) is 2. The smallest absolute Gasteiger partial charge is 0.248 e. The number of rotatable bonds is 7. The van der Waals surface area contributed by atoms with Crippen LogP contribution in [0.5, 0.6) is 0 Å². The van der Waals surface area contributed by atoms with Crippen LogP contribution in [0.4, 0.5) is 5.69 Å². The third-order valence-electron chi connectivity index (χ3n) is 4.63. The Morgan fingerprint density at radius 1 is 1.15 bits per heavy atom. The summed E-state index contributed by atoms with van der Waals surface area (Å²) in [5.74, 6) is 0.370. The van der Waals surface area contributed by atoms with Crippen molar-refractivity contribution in [2.45, 2.75) is 19.9 Å². The van der Waals surface area contributed by atoms with Crippen molar-refractivity contribution < 1.29 is 14.1 Å². The molecule has 0 spiro atoms. The van der Waals surface area contributed by atoms with Crippen LogP contribution in [0.3, 0.4) is 0 Å². The number of aromatic nitrogens is 1. The van der Waals surface area contributed by atoms with E-state index in [1.165, 1.54) is 0 Å². The number of piperazine rings is 1. The normalized spacial score (nSPS) is 15.6. The lowest BCUT2D eigenvalue weighted by molar-refractivity contribution is -0.116. The van der Waals surface area contributed by atoms with E-state index in [9.17, 15) is 9.59 Å². The van der Waals surface area contributed by atoms with Crippen molar-refractivity contribution in [1.29, 1.82) is 0 Å². The summed E-state index contributed by atoms with van der Waals surface area (Å²) in [4.78, 5) is 27.8. The molecule has 0 saturated carbocycles. The molecule has 8 heteroatoms. The molecule has 1 aromatic heterocycles. The van der Waals surface area contributed by atoms with Crippen LogP contribution >= 0.6 is 0 Å². The Balaban J connectivity index is 1.36. The monoisotopic (exact) mass is 371 g/mol. The van der Waals surface area contributed by atoms with Crippen LogP contribution in [0.1, 0.15) is 28.2 Å². The topological polar surface area (TPSA) is 105 Å². The number of nitrogens with one attached hydrogen (secondary N) is 1. The molecule has 0 atom stereocenters. The molecule has 1 aromatic carbocycles. The third-order valence-corrected chi connectivity index (χ3v) is 4.63. The van der Waals surface area contributed by atoms with Crippen molar-refractivity contribution in [1.82, 2.24) is 15.0 Å². The van der Waals surface area contributed by atoms with Crippen molar-refractivity contribution in [2.75, 3.05) is 38.0 Å². The number of hydrogen-bond acceptors (Lipinski definition) is 6. The van der Waals surface area contributed by atoms with Gasteiger partial charge in [0, 0.05) is 56.5 Å². The highest BCUT2D eigenvalue weighted by Crippen LogP contribution is 2.12. The molecule has 1 aliphatic heterocycles. The Morgan fingerprint density at radius 3 is 2.41 bits per heavy atom. The first-order valence-corrected chi connectivity index (χ1v) is 9.06. The van der Waals surface area contributed by atoms with Gasteiger partial charge < -0.3 is 20.5 Å². The van der Waals surface area contributed by atoms with E-state index in [1.54, 1.807) is 24.3 Å². The van der Waals surface area contributed by atoms with E-state index in [0.29, 0.717) is 17.7 Å². The fourth-order valence-electron chi connectivity index (χ4n) is 3.08. The zero-order chi connectivity index (χ0) is 19.2. The number of amides is 2. The Hall–Kier alpha value is -2.71. The van der Waals surface area contributed by atoms with Gasteiger partial charge in [0.05, 0.1) is 12.2 Å². The van der Waals surface area contributed by atoms with Gasteiger partial charge in [-0.2, -0.15) is 0 Å². The second-order valence-corrected chi connectivity index (χ2v) is 6.79. The lowest BCUT2D eigenvalue weighted by atomic mass is 10.2. The van der Waals surface area contributed by atoms with Crippen LogP contribution in [0.2, 0.25) is 0 Å². The third kappa shape index (κ3) is 5.63. The Morgan fingerprint density at radius 2 is 1.81 bits per heavy atom. The molecule has 1 aliphatic rings. The summed E-state index contributed by atoms with van der Waals surface area (Å²) in [7, 11) is 0. The van der Waals surface area contributed by atoms with Gasteiger partial charge in [0.25, 0.3) is 0 Å². The highest BCUT2D eigenvalue weighted by molar-refractivity contribution is 5.94. The summed E-state index contributed by atoms with van der Waals surface area (Å²) in [5.41, 5.74) is 7.19. The van der Waals surface area contributed by atoms with Crippen molar-refractivity contribution in [3.63, 3.8) is 0 Å². The second kappa shape index (κ2) is 8.79. The fourth-order valence-corrected chi connectivity index (χ4v) is 3.08. The van der Waals surface area contributed by atoms with Gasteiger partial charge in [0.1, 0.15) is 0 Å². The predicted octanol–water partition coefficient (Wildman–Crippen LogP) is 1.23. The van der Waals surface area contributed by atoms with Crippen molar-refractivity contribution >= 4 is 17.5 Å². The molecule has 0 radical (unpaired) electrons. The van der Waals surface area contributed by atoms with Crippen molar-refractivity contribution in [3.05, 3.63) is 47.3 Å². The molecule has 1 fully saturated rings. The van der Waals surface area contributed by atoms with Crippen LogP contribution in [0.15, 0.2) is 34.9 Å². The summed E-state index contributed by atoms with van der Waals surface area (Å²) in [6, 6.07) is 8.54. The number of anilines is 1. The van der Waals surface area contributed by atoms with Gasteiger partial charge in [-0.05, 0) is 31.2 Å². The van der Waals surface area contributed by atoms with Crippen LogP contribution in [0, 0.1) is 6.92 Å². The number of nitrogens with zero attached hydrogens (tertiary/aromatic N) is 3. The first-order valence-electron chi connectivity index (χ1n) is 9.06. The molecular formula is C19H25N5O3. The van der Waals surface area contributed by atoms with E-state index in [0.717, 1.165) is 50.7 Å². The van der Waals surface area contributed by atoms with Gasteiger partial charge >= 0.3 is 0 Å². The number of aryl methyl sites for hydroxylation is 1. The maximum Gasteiger partial charge on any atom is 0.248 e. The van der Waals surface area contributed by atoms with Crippen molar-refractivity contribution in [3.8, 4) is 0 Å². The average molecular weight is 371 g/mol. The minimum atomic E-state index is -0.481. The van der Waals surface area contributed by atoms with E-state index >= 15 is 0 Å². The quantitative estimate of drug-likeness (QED) is 0.758. The second-order valence-electron chi connectivity index (χ2n) is 6.79. The molecule has 2 heterocycles. The highest BCUT2D eigenvalue weighted by Gasteiger charge is 2.18. The molecule has 3 N–H and O–H groups in total. The van der Waals surface area contributed by atoms with E-state index in [1.807, 2.05) is 13.0 Å². The zero-order valence-corrected chi connectivity index (χ0v) is 15.5. The lowest BCUT2D eigenvalue weighted by Crippen LogP contribution is -2.46. The molecular weight excluding hydrogens is 346 g/mol. The standard InChI is InChI=1S/C19H25N5O3/c1-14-12-17(27-22-14)13-24-10-8-23(9-11-24)7-6-18(25)21-16-4-2-15(3-5-16)19(20)26/h2-5,12H,6-11,13H2,1H3,(H2,20,26)(H,21,25). The largest absolute Gasteiger partial charge is 0.366 e. The summed E-state index contributed by atoms with van der Waals surface area (Å²) in [5, 5.41) is 6.76. The first-order chi connectivity index (χ1) is 13.0. The number of carbonyl (C=O) groups excluding carboxylic acids is 2. The van der Waals surface area contributed by atoms with E-state index in [2.05, 4.69) is 20.3 Å². The molecule has 144 valence electrons. The van der Waals surface area contributed by atoms with Gasteiger partial charge in [-0.3, -0.25) is 14.5 Å². The molecule has 2 amide bonds. The fraction of sp³-hybridized carbons (Fsp3) is 0.421. The summed E-state index contributed by atoms with van der Waals surface area (Å²) >= 11 is 0. The Labute approximate surface area is 158 Å². The zero-order valence-electron chi connectivity index (χ0n) is 15.5. The summed E-state index contributed by atoms with van der Waals surface area (Å²) in [6.45, 7) is 7.15. The van der Waals surface area contributed by atoms with E-state index < -0.39 is 5.91 Å². The molecule has 27 heavy (non-hydrogen) atoms. The molecule has 2 aromatic rings. The first kappa shape index (κ1) is 19.1. The SMILES string of the molecule is Cc1cc(CN2CCN(CCC(=O)Nc3ccc(C(N)=O)cc3)CC2)on1. The molecule has 0 aliphatic carbocycles. The molecule has 0 unspecified atom stereocenters. The number of nitrogens with two attached hydrogens (primary N) is 1. The van der Waals surface area contributed by atoms with Crippen LogP contribution in [0.25, 0.3) is 0 Å². The summed E-state index contributed by atoms with van der Waals surface area (Å²) < 4.78 is 5.27. The minimum Gasteiger partial charge on any atom is -0.366 e. The predicted molar refractivity (Wildman–Crippen MR) is 101 cm³/mol. The average Bonchev–Trinajstić information content (AvgIpc) is 3.06. The van der Waals surface area contributed by atoms with Gasteiger partial charge in [0.15, 0.2) is 5.76 Å². The van der Waals surface area contributed by atoms with Gasteiger partial charge in [-0.15, -0.1) is 0 Å². The van der Waals surface area contributed by atoms with E-state index in [-0.39, 0.29) is 5.91 Å². The lowest BCUT2D eigenvalue weighted by Gasteiger charge is -2.33. The number of primary amides is 1. The molecule has 0 bridgehead atoms. The minimum absolute atomic E-state index is 0.0404. The van der Waals surface area contributed by atoms with Gasteiger partial charge in [-0.1, -0.05) is 5.16 Å². The highest BCUT2D eigenvalue weighted by atomic mass is 16.5. The maximum atomic E-state index is 12.1. The van der Waals surface area contributed by atoms with E-state index in [4.69, 9.17) is 10.3 Å².